The first-order valence-electron chi connectivity index (χ1n) is 10.5. The fourth-order valence-electron chi connectivity index (χ4n) is 3.57. The molecular weight excluding hydrogens is 428 g/mol. The predicted molar refractivity (Wildman–Crippen MR) is 125 cm³/mol. The molecule has 0 saturated carbocycles. The Bertz CT molecular complexity index is 1300. The number of carbonyl (C=O) groups excluding carboxylic acids is 1. The van der Waals surface area contributed by atoms with Gasteiger partial charge in [0.2, 0.25) is 0 Å². The standard InChI is InChI=1S/C23H27ClN6O2/c1-14(2)15-12-25-30-20(11-18(24)27-21(15)30)29(22(31)32-23(3,4)5)13-19-26-16-9-7-8-10-17(16)28(19)6/h7-12,14H,13H2,1-6H3. The Morgan fingerprint density at radius 1 is 1.22 bits per heavy atom. The highest BCUT2D eigenvalue weighted by molar-refractivity contribution is 6.29. The van der Waals surface area contributed by atoms with Crippen LogP contribution in [0.5, 0.6) is 0 Å². The lowest BCUT2D eigenvalue weighted by Crippen LogP contribution is -2.38. The van der Waals surface area contributed by atoms with Gasteiger partial charge < -0.3 is 9.30 Å². The van der Waals surface area contributed by atoms with Gasteiger partial charge in [-0.2, -0.15) is 9.61 Å². The maximum atomic E-state index is 13.3. The van der Waals surface area contributed by atoms with Crippen molar-refractivity contribution in [3.63, 3.8) is 0 Å². The number of para-hydroxylation sites is 2. The summed E-state index contributed by atoms with van der Waals surface area (Å²) < 4.78 is 9.33. The van der Waals surface area contributed by atoms with Crippen LogP contribution in [0, 0.1) is 0 Å². The van der Waals surface area contributed by atoms with Gasteiger partial charge in [-0.15, -0.1) is 0 Å². The van der Waals surface area contributed by atoms with E-state index in [4.69, 9.17) is 21.3 Å². The van der Waals surface area contributed by atoms with Crippen LogP contribution >= 0.6 is 11.6 Å². The molecule has 0 aliphatic rings. The summed E-state index contributed by atoms with van der Waals surface area (Å²) in [5.41, 5.74) is 2.71. The molecule has 4 aromatic rings. The third kappa shape index (κ3) is 4.14. The van der Waals surface area contributed by atoms with Crippen molar-refractivity contribution >= 4 is 40.2 Å². The van der Waals surface area contributed by atoms with Crippen molar-refractivity contribution in [2.45, 2.75) is 52.7 Å². The Hall–Kier alpha value is -3.13. The Balaban J connectivity index is 1.86. The Kier molecular flexibility index (Phi) is 5.58. The van der Waals surface area contributed by atoms with E-state index >= 15 is 0 Å². The van der Waals surface area contributed by atoms with E-state index in [1.54, 1.807) is 16.8 Å². The minimum atomic E-state index is -0.676. The van der Waals surface area contributed by atoms with E-state index in [2.05, 4.69) is 23.9 Å². The highest BCUT2D eigenvalue weighted by Crippen LogP contribution is 2.28. The van der Waals surface area contributed by atoms with Gasteiger partial charge >= 0.3 is 6.09 Å². The van der Waals surface area contributed by atoms with Crippen molar-refractivity contribution in [2.24, 2.45) is 7.05 Å². The van der Waals surface area contributed by atoms with Gasteiger partial charge in [0.15, 0.2) is 5.65 Å². The van der Waals surface area contributed by atoms with Crippen LogP contribution in [0.15, 0.2) is 36.5 Å². The molecule has 0 aliphatic heterocycles. The topological polar surface area (TPSA) is 77.5 Å². The summed E-state index contributed by atoms with van der Waals surface area (Å²) in [5, 5.41) is 4.78. The van der Waals surface area contributed by atoms with Gasteiger partial charge in [-0.3, -0.25) is 4.90 Å². The number of anilines is 1. The number of fused-ring (bicyclic) bond motifs is 2. The SMILES string of the molecule is CC(C)c1cnn2c(N(Cc3nc4ccccc4n3C)C(=O)OC(C)(C)C)cc(Cl)nc12. The number of amides is 1. The number of hydrogen-bond donors (Lipinski definition) is 0. The lowest BCUT2D eigenvalue weighted by atomic mass is 10.1. The summed E-state index contributed by atoms with van der Waals surface area (Å²) in [5.74, 6) is 1.36. The molecule has 0 aliphatic carbocycles. The van der Waals surface area contributed by atoms with Gasteiger partial charge in [0.25, 0.3) is 0 Å². The first-order valence-corrected chi connectivity index (χ1v) is 10.9. The number of carbonyl (C=O) groups is 1. The van der Waals surface area contributed by atoms with Crippen molar-refractivity contribution < 1.29 is 9.53 Å². The minimum absolute atomic E-state index is 0.173. The van der Waals surface area contributed by atoms with Gasteiger partial charge in [-0.1, -0.05) is 37.6 Å². The second-order valence-electron chi connectivity index (χ2n) is 9.07. The molecular formula is C23H27ClN6O2. The number of aryl methyl sites for hydroxylation is 1. The molecule has 3 heterocycles. The number of benzene rings is 1. The van der Waals surface area contributed by atoms with Crippen molar-refractivity contribution in [3.05, 3.63) is 53.1 Å². The summed E-state index contributed by atoms with van der Waals surface area (Å²) in [4.78, 5) is 24.0. The molecule has 168 valence electrons. The van der Waals surface area contributed by atoms with Crippen molar-refractivity contribution in [1.82, 2.24) is 24.1 Å². The summed E-state index contributed by atoms with van der Waals surface area (Å²) in [6.07, 6.45) is 1.24. The zero-order chi connectivity index (χ0) is 23.2. The number of hydrogen-bond acceptors (Lipinski definition) is 5. The van der Waals surface area contributed by atoms with Crippen LogP contribution in [0.3, 0.4) is 0 Å². The average molecular weight is 455 g/mol. The smallest absolute Gasteiger partial charge is 0.416 e. The number of aromatic nitrogens is 5. The number of nitrogens with zero attached hydrogens (tertiary/aromatic N) is 6. The molecule has 0 saturated heterocycles. The van der Waals surface area contributed by atoms with Crippen molar-refractivity contribution in [3.8, 4) is 0 Å². The monoisotopic (exact) mass is 454 g/mol. The molecule has 0 spiro atoms. The van der Waals surface area contributed by atoms with Gasteiger partial charge in [0, 0.05) is 18.7 Å². The van der Waals surface area contributed by atoms with Crippen LogP contribution in [0.1, 0.15) is 51.9 Å². The lowest BCUT2D eigenvalue weighted by Gasteiger charge is -2.27. The molecule has 0 radical (unpaired) electrons. The molecule has 1 aromatic carbocycles. The Morgan fingerprint density at radius 2 is 1.94 bits per heavy atom. The van der Waals surface area contributed by atoms with Gasteiger partial charge in [0.05, 0.1) is 23.8 Å². The second kappa shape index (κ2) is 8.09. The van der Waals surface area contributed by atoms with E-state index in [0.29, 0.717) is 17.3 Å². The first-order chi connectivity index (χ1) is 15.0. The highest BCUT2D eigenvalue weighted by Gasteiger charge is 2.28. The predicted octanol–water partition coefficient (Wildman–Crippen LogP) is 5.33. The molecule has 3 aromatic heterocycles. The van der Waals surface area contributed by atoms with E-state index in [1.165, 1.54) is 4.90 Å². The molecule has 9 heteroatoms. The van der Waals surface area contributed by atoms with Crippen molar-refractivity contribution in [1.29, 1.82) is 0 Å². The van der Waals surface area contributed by atoms with Crippen LogP contribution in [-0.4, -0.2) is 35.8 Å². The normalized spacial score (nSPS) is 12.1. The lowest BCUT2D eigenvalue weighted by molar-refractivity contribution is 0.0574. The van der Waals surface area contributed by atoms with E-state index in [0.717, 1.165) is 16.6 Å². The molecule has 4 rings (SSSR count). The molecule has 0 fully saturated rings. The molecule has 8 nitrogen and oxygen atoms in total. The van der Waals surface area contributed by atoms with Gasteiger partial charge in [-0.25, -0.2) is 14.8 Å². The quantitative estimate of drug-likeness (QED) is 0.389. The molecule has 0 atom stereocenters. The summed E-state index contributed by atoms with van der Waals surface area (Å²) in [6, 6.07) is 9.46. The fourth-order valence-corrected chi connectivity index (χ4v) is 3.75. The first kappa shape index (κ1) is 22.1. The summed E-state index contributed by atoms with van der Waals surface area (Å²) >= 11 is 6.39. The third-order valence-corrected chi connectivity index (χ3v) is 5.33. The van der Waals surface area contributed by atoms with Crippen molar-refractivity contribution in [2.75, 3.05) is 4.90 Å². The maximum absolute atomic E-state index is 13.3. The molecule has 1 amide bonds. The molecule has 0 N–H and O–H groups in total. The van der Waals surface area contributed by atoms with Crippen LogP contribution in [0.25, 0.3) is 16.7 Å². The van der Waals surface area contributed by atoms with E-state index < -0.39 is 11.7 Å². The van der Waals surface area contributed by atoms with Crippen LogP contribution in [0.4, 0.5) is 10.6 Å². The van der Waals surface area contributed by atoms with Crippen LogP contribution in [0.2, 0.25) is 5.15 Å². The number of ether oxygens (including phenoxy) is 1. The Morgan fingerprint density at radius 3 is 2.59 bits per heavy atom. The zero-order valence-corrected chi connectivity index (χ0v) is 19.9. The van der Waals surface area contributed by atoms with E-state index in [9.17, 15) is 4.79 Å². The Labute approximate surface area is 191 Å². The van der Waals surface area contributed by atoms with E-state index in [1.807, 2.05) is 56.7 Å². The minimum Gasteiger partial charge on any atom is -0.443 e. The van der Waals surface area contributed by atoms with Crippen LogP contribution in [-0.2, 0) is 18.3 Å². The number of imidazole rings is 1. The van der Waals surface area contributed by atoms with E-state index in [-0.39, 0.29) is 17.6 Å². The summed E-state index contributed by atoms with van der Waals surface area (Å²) in [7, 11) is 1.93. The van der Waals surface area contributed by atoms with Gasteiger partial charge in [-0.05, 0) is 38.8 Å². The molecule has 0 bridgehead atoms. The van der Waals surface area contributed by atoms with Gasteiger partial charge in [0.1, 0.15) is 22.4 Å². The van der Waals surface area contributed by atoms with Crippen LogP contribution < -0.4 is 4.90 Å². The molecule has 0 unspecified atom stereocenters. The largest absolute Gasteiger partial charge is 0.443 e. The number of rotatable bonds is 4. The third-order valence-electron chi connectivity index (χ3n) is 5.14. The maximum Gasteiger partial charge on any atom is 0.416 e. The molecule has 32 heavy (non-hydrogen) atoms. The number of halogens is 1. The fraction of sp³-hybridized carbons (Fsp3) is 0.391. The average Bonchev–Trinajstić information content (AvgIpc) is 3.26. The summed E-state index contributed by atoms with van der Waals surface area (Å²) in [6.45, 7) is 9.79. The zero-order valence-electron chi connectivity index (χ0n) is 19.1. The second-order valence-corrected chi connectivity index (χ2v) is 9.46. The highest BCUT2D eigenvalue weighted by atomic mass is 35.5.